The van der Waals surface area contributed by atoms with Crippen molar-refractivity contribution in [2.45, 2.75) is 6.61 Å². The van der Waals surface area contributed by atoms with Crippen LogP contribution in [-0.2, 0) is 11.4 Å². The van der Waals surface area contributed by atoms with E-state index in [0.717, 1.165) is 10.0 Å². The molecule has 0 aliphatic rings. The maximum absolute atomic E-state index is 12.5. The minimum atomic E-state index is -0.518. The lowest BCUT2D eigenvalue weighted by molar-refractivity contribution is -0.112. The normalized spacial score (nSPS) is 10.9. The van der Waals surface area contributed by atoms with E-state index in [1.54, 1.807) is 36.4 Å². The molecular formula is C23H16BrClN2O2. The smallest absolute Gasteiger partial charge is 0.266 e. The van der Waals surface area contributed by atoms with Gasteiger partial charge in [0.1, 0.15) is 24.0 Å². The Hall–Kier alpha value is -3.07. The van der Waals surface area contributed by atoms with Crippen LogP contribution >= 0.6 is 27.5 Å². The van der Waals surface area contributed by atoms with Gasteiger partial charge < -0.3 is 10.1 Å². The lowest BCUT2D eigenvalue weighted by Crippen LogP contribution is -2.13. The fourth-order valence-corrected chi connectivity index (χ4v) is 3.16. The maximum atomic E-state index is 12.5. The van der Waals surface area contributed by atoms with Crippen LogP contribution in [0.25, 0.3) is 6.08 Å². The molecule has 1 amide bonds. The topological polar surface area (TPSA) is 62.1 Å². The van der Waals surface area contributed by atoms with Crippen molar-refractivity contribution in [3.8, 4) is 11.8 Å². The summed E-state index contributed by atoms with van der Waals surface area (Å²) >= 11 is 9.44. The van der Waals surface area contributed by atoms with Gasteiger partial charge in [0.15, 0.2) is 0 Å². The molecule has 0 heterocycles. The number of para-hydroxylation sites is 1. The van der Waals surface area contributed by atoms with E-state index in [1.807, 2.05) is 42.5 Å². The van der Waals surface area contributed by atoms with Crippen molar-refractivity contribution in [2.24, 2.45) is 0 Å². The highest BCUT2D eigenvalue weighted by molar-refractivity contribution is 9.10. The predicted octanol–water partition coefficient (Wildman–Crippen LogP) is 6.23. The number of hydrogen-bond donors (Lipinski definition) is 1. The van der Waals surface area contributed by atoms with Gasteiger partial charge in [-0.15, -0.1) is 0 Å². The van der Waals surface area contributed by atoms with Gasteiger partial charge in [0, 0.05) is 26.3 Å². The van der Waals surface area contributed by atoms with E-state index < -0.39 is 5.91 Å². The summed E-state index contributed by atoms with van der Waals surface area (Å²) in [6.45, 7) is 0.350. The van der Waals surface area contributed by atoms with Crippen molar-refractivity contribution in [2.75, 3.05) is 5.32 Å². The first-order valence-electron chi connectivity index (χ1n) is 8.71. The number of nitriles is 1. The summed E-state index contributed by atoms with van der Waals surface area (Å²) in [6.07, 6.45) is 1.51. The summed E-state index contributed by atoms with van der Waals surface area (Å²) in [6, 6.07) is 23.7. The second-order valence-electron chi connectivity index (χ2n) is 6.05. The first-order chi connectivity index (χ1) is 14.1. The van der Waals surface area contributed by atoms with Gasteiger partial charge in [-0.2, -0.15) is 5.26 Å². The Bertz CT molecular complexity index is 1110. The lowest BCUT2D eigenvalue weighted by atomic mass is 10.1. The Morgan fingerprint density at radius 2 is 1.86 bits per heavy atom. The van der Waals surface area contributed by atoms with E-state index >= 15 is 0 Å². The van der Waals surface area contributed by atoms with Crippen LogP contribution in [0.5, 0.6) is 5.75 Å². The third-order valence-electron chi connectivity index (χ3n) is 4.01. The first-order valence-corrected chi connectivity index (χ1v) is 9.88. The fourth-order valence-electron chi connectivity index (χ4n) is 2.57. The number of anilines is 1. The van der Waals surface area contributed by atoms with Gasteiger partial charge in [-0.1, -0.05) is 70.0 Å². The number of halogens is 2. The summed E-state index contributed by atoms with van der Waals surface area (Å²) in [5.41, 5.74) is 2.10. The molecule has 0 aliphatic carbocycles. The van der Waals surface area contributed by atoms with Crippen molar-refractivity contribution >= 4 is 45.2 Å². The van der Waals surface area contributed by atoms with Crippen LogP contribution in [-0.4, -0.2) is 5.91 Å². The van der Waals surface area contributed by atoms with Crippen molar-refractivity contribution in [1.82, 2.24) is 0 Å². The van der Waals surface area contributed by atoms with E-state index in [1.165, 1.54) is 6.08 Å². The molecular weight excluding hydrogens is 452 g/mol. The van der Waals surface area contributed by atoms with Crippen LogP contribution in [0.15, 0.2) is 82.8 Å². The van der Waals surface area contributed by atoms with Crippen LogP contribution in [0.3, 0.4) is 0 Å². The van der Waals surface area contributed by atoms with Crippen molar-refractivity contribution < 1.29 is 9.53 Å². The van der Waals surface area contributed by atoms with E-state index in [2.05, 4.69) is 21.2 Å². The summed E-state index contributed by atoms with van der Waals surface area (Å²) < 4.78 is 6.88. The summed E-state index contributed by atoms with van der Waals surface area (Å²) in [7, 11) is 0. The minimum absolute atomic E-state index is 0.0399. The number of nitrogens with one attached hydrogen (secondary N) is 1. The second-order valence-corrected chi connectivity index (χ2v) is 7.34. The summed E-state index contributed by atoms with van der Waals surface area (Å²) in [5, 5.41) is 12.6. The van der Waals surface area contributed by atoms with Gasteiger partial charge in [-0.05, 0) is 36.4 Å². The van der Waals surface area contributed by atoms with Gasteiger partial charge in [0.25, 0.3) is 5.91 Å². The number of nitrogens with zero attached hydrogens (tertiary/aromatic N) is 1. The van der Waals surface area contributed by atoms with Crippen LogP contribution in [0.1, 0.15) is 11.1 Å². The average Bonchev–Trinajstić information content (AvgIpc) is 2.72. The zero-order valence-corrected chi connectivity index (χ0v) is 17.6. The fraction of sp³-hybridized carbons (Fsp3) is 0.0435. The SMILES string of the molecule is N#C/C(=C\c1ccccc1OCc1ccccc1Br)C(=O)Nc1cccc(Cl)c1. The molecule has 3 aromatic carbocycles. The number of hydrogen-bond acceptors (Lipinski definition) is 3. The van der Waals surface area contributed by atoms with Gasteiger partial charge in [0.2, 0.25) is 0 Å². The third kappa shape index (κ3) is 5.71. The molecule has 144 valence electrons. The highest BCUT2D eigenvalue weighted by atomic mass is 79.9. The van der Waals surface area contributed by atoms with Crippen molar-refractivity contribution in [1.29, 1.82) is 5.26 Å². The van der Waals surface area contributed by atoms with Crippen LogP contribution in [0.2, 0.25) is 5.02 Å². The number of ether oxygens (including phenoxy) is 1. The maximum Gasteiger partial charge on any atom is 0.266 e. The molecule has 3 aromatic rings. The number of carbonyl (C=O) groups excluding carboxylic acids is 1. The third-order valence-corrected chi connectivity index (χ3v) is 5.02. The van der Waals surface area contributed by atoms with Crippen LogP contribution < -0.4 is 10.1 Å². The zero-order chi connectivity index (χ0) is 20.6. The van der Waals surface area contributed by atoms with E-state index in [0.29, 0.717) is 28.6 Å². The molecule has 29 heavy (non-hydrogen) atoms. The molecule has 0 unspecified atom stereocenters. The first kappa shape index (κ1) is 20.7. The lowest BCUT2D eigenvalue weighted by Gasteiger charge is -2.11. The molecule has 3 rings (SSSR count). The molecule has 0 aromatic heterocycles. The zero-order valence-electron chi connectivity index (χ0n) is 15.2. The van der Waals surface area contributed by atoms with Crippen LogP contribution in [0.4, 0.5) is 5.69 Å². The highest BCUT2D eigenvalue weighted by Crippen LogP contribution is 2.24. The Labute approximate surface area is 182 Å². The Morgan fingerprint density at radius 1 is 1.10 bits per heavy atom. The summed E-state index contributed by atoms with van der Waals surface area (Å²) in [5.74, 6) is 0.0573. The highest BCUT2D eigenvalue weighted by Gasteiger charge is 2.12. The molecule has 0 bridgehead atoms. The predicted molar refractivity (Wildman–Crippen MR) is 119 cm³/mol. The van der Waals surface area contributed by atoms with Crippen molar-refractivity contribution in [3.05, 3.63) is 99.0 Å². The van der Waals surface area contributed by atoms with Gasteiger partial charge in [-0.3, -0.25) is 4.79 Å². The molecule has 0 saturated heterocycles. The Morgan fingerprint density at radius 3 is 2.62 bits per heavy atom. The number of amides is 1. The minimum Gasteiger partial charge on any atom is -0.488 e. The van der Waals surface area contributed by atoms with Gasteiger partial charge >= 0.3 is 0 Å². The quantitative estimate of drug-likeness (QED) is 0.345. The summed E-state index contributed by atoms with van der Waals surface area (Å²) in [4.78, 5) is 12.5. The standard InChI is InChI=1S/C23H16BrClN2O2/c24-21-10-3-1-7-17(21)15-29-22-11-4-2-6-16(22)12-18(14-26)23(28)27-20-9-5-8-19(25)13-20/h1-13H,15H2,(H,27,28)/b18-12+. The number of rotatable bonds is 6. The van der Waals surface area contributed by atoms with Gasteiger partial charge in [0.05, 0.1) is 0 Å². The van der Waals surface area contributed by atoms with Gasteiger partial charge in [-0.25, -0.2) is 0 Å². The molecule has 0 saturated carbocycles. The van der Waals surface area contributed by atoms with E-state index in [9.17, 15) is 10.1 Å². The molecule has 6 heteroatoms. The molecule has 0 radical (unpaired) electrons. The molecule has 0 fully saturated rings. The number of benzene rings is 3. The largest absolute Gasteiger partial charge is 0.488 e. The van der Waals surface area contributed by atoms with Crippen molar-refractivity contribution in [3.63, 3.8) is 0 Å². The monoisotopic (exact) mass is 466 g/mol. The second kappa shape index (κ2) is 9.92. The molecule has 1 N–H and O–H groups in total. The van der Waals surface area contributed by atoms with E-state index in [-0.39, 0.29) is 5.57 Å². The molecule has 0 aliphatic heterocycles. The van der Waals surface area contributed by atoms with E-state index in [4.69, 9.17) is 16.3 Å². The molecule has 0 atom stereocenters. The Kier molecular flexibility index (Phi) is 7.07. The number of carbonyl (C=O) groups is 1. The Balaban J connectivity index is 1.80. The van der Waals surface area contributed by atoms with Crippen LogP contribution in [0, 0.1) is 11.3 Å². The average molecular weight is 468 g/mol. The molecule has 4 nitrogen and oxygen atoms in total. The molecule has 0 spiro atoms.